The van der Waals surface area contributed by atoms with Crippen LogP contribution in [-0.2, 0) is 11.2 Å². The van der Waals surface area contributed by atoms with E-state index in [0.29, 0.717) is 17.1 Å². The molecule has 0 aromatic heterocycles. The Morgan fingerprint density at radius 3 is 2.94 bits per heavy atom. The maximum absolute atomic E-state index is 12.1. The summed E-state index contributed by atoms with van der Waals surface area (Å²) in [6, 6.07) is 4.53. The van der Waals surface area contributed by atoms with Crippen molar-refractivity contribution in [2.24, 2.45) is 0 Å². The number of rotatable bonds is 3. The fourth-order valence-electron chi connectivity index (χ4n) is 2.30. The summed E-state index contributed by atoms with van der Waals surface area (Å²) in [5.74, 6) is 0.0600. The van der Waals surface area contributed by atoms with Gasteiger partial charge in [-0.25, -0.2) is 0 Å². The highest BCUT2D eigenvalue weighted by Crippen LogP contribution is 2.24. The molecule has 1 fully saturated rings. The van der Waals surface area contributed by atoms with Crippen molar-refractivity contribution < 1.29 is 15.0 Å². The SMILES string of the molecule is O=C(Cc1ccc(O)cc1Cl)N1CCC[C@@H]1CO. The Hall–Kier alpha value is -1.26. The highest BCUT2D eigenvalue weighted by Gasteiger charge is 2.28. The van der Waals surface area contributed by atoms with E-state index in [0.717, 1.165) is 12.8 Å². The Labute approximate surface area is 111 Å². The number of nitrogens with zero attached hydrogens (tertiary/aromatic N) is 1. The molecule has 98 valence electrons. The summed E-state index contributed by atoms with van der Waals surface area (Å²) in [5, 5.41) is 18.8. The predicted octanol–water partition coefficient (Wildman–Crippen LogP) is 1.57. The second-order valence-corrected chi connectivity index (χ2v) is 4.93. The molecule has 1 aromatic rings. The van der Waals surface area contributed by atoms with Gasteiger partial charge in [-0.15, -0.1) is 0 Å². The van der Waals surface area contributed by atoms with E-state index < -0.39 is 0 Å². The average Bonchev–Trinajstić information content (AvgIpc) is 2.81. The molecule has 0 unspecified atom stereocenters. The Bertz CT molecular complexity index is 450. The maximum Gasteiger partial charge on any atom is 0.227 e. The van der Waals surface area contributed by atoms with Gasteiger partial charge in [0.25, 0.3) is 0 Å². The zero-order valence-corrected chi connectivity index (χ0v) is 10.7. The predicted molar refractivity (Wildman–Crippen MR) is 68.6 cm³/mol. The van der Waals surface area contributed by atoms with Crippen LogP contribution in [0.5, 0.6) is 5.75 Å². The van der Waals surface area contributed by atoms with Crippen LogP contribution in [0.3, 0.4) is 0 Å². The topological polar surface area (TPSA) is 60.8 Å². The maximum atomic E-state index is 12.1. The lowest BCUT2D eigenvalue weighted by Gasteiger charge is -2.23. The number of amides is 1. The highest BCUT2D eigenvalue weighted by atomic mass is 35.5. The number of hydrogen-bond acceptors (Lipinski definition) is 3. The van der Waals surface area contributed by atoms with Crippen molar-refractivity contribution in [1.29, 1.82) is 0 Å². The Balaban J connectivity index is 2.07. The van der Waals surface area contributed by atoms with Crippen molar-refractivity contribution in [2.75, 3.05) is 13.2 Å². The van der Waals surface area contributed by atoms with Gasteiger partial charge < -0.3 is 15.1 Å². The van der Waals surface area contributed by atoms with Crippen LogP contribution >= 0.6 is 11.6 Å². The van der Waals surface area contributed by atoms with E-state index >= 15 is 0 Å². The first kappa shape index (κ1) is 13.2. The molecular formula is C13H16ClNO3. The fourth-order valence-corrected chi connectivity index (χ4v) is 2.54. The van der Waals surface area contributed by atoms with E-state index in [-0.39, 0.29) is 30.7 Å². The molecule has 5 heteroatoms. The van der Waals surface area contributed by atoms with Gasteiger partial charge in [-0.1, -0.05) is 17.7 Å². The third kappa shape index (κ3) is 2.76. The van der Waals surface area contributed by atoms with Crippen molar-refractivity contribution in [3.8, 4) is 5.75 Å². The zero-order chi connectivity index (χ0) is 13.1. The minimum Gasteiger partial charge on any atom is -0.508 e. The van der Waals surface area contributed by atoms with Gasteiger partial charge in [0, 0.05) is 11.6 Å². The quantitative estimate of drug-likeness (QED) is 0.876. The van der Waals surface area contributed by atoms with Gasteiger partial charge in [-0.05, 0) is 30.5 Å². The van der Waals surface area contributed by atoms with Gasteiger partial charge in [0.2, 0.25) is 5.91 Å². The molecule has 1 aliphatic heterocycles. The molecule has 1 aliphatic rings. The summed E-state index contributed by atoms with van der Waals surface area (Å²) in [7, 11) is 0. The lowest BCUT2D eigenvalue weighted by atomic mass is 10.1. The molecule has 0 radical (unpaired) electrons. The molecule has 2 N–H and O–H groups in total. The van der Waals surface area contributed by atoms with Gasteiger partial charge in [0.1, 0.15) is 5.75 Å². The number of aliphatic hydroxyl groups is 1. The molecule has 0 spiro atoms. The molecular weight excluding hydrogens is 254 g/mol. The van der Waals surface area contributed by atoms with Gasteiger partial charge in [-0.3, -0.25) is 4.79 Å². The number of halogens is 1. The van der Waals surface area contributed by atoms with Crippen molar-refractivity contribution in [2.45, 2.75) is 25.3 Å². The highest BCUT2D eigenvalue weighted by molar-refractivity contribution is 6.31. The van der Waals surface area contributed by atoms with Crippen LogP contribution in [0.2, 0.25) is 5.02 Å². The van der Waals surface area contributed by atoms with Crippen LogP contribution in [0, 0.1) is 0 Å². The smallest absolute Gasteiger partial charge is 0.227 e. The first-order valence-electron chi connectivity index (χ1n) is 5.99. The Morgan fingerprint density at radius 1 is 1.50 bits per heavy atom. The second-order valence-electron chi connectivity index (χ2n) is 4.52. The van der Waals surface area contributed by atoms with Crippen molar-refractivity contribution in [3.05, 3.63) is 28.8 Å². The van der Waals surface area contributed by atoms with Crippen LogP contribution in [-0.4, -0.2) is 40.2 Å². The van der Waals surface area contributed by atoms with E-state index in [9.17, 15) is 15.0 Å². The number of benzene rings is 1. The Morgan fingerprint density at radius 2 is 2.28 bits per heavy atom. The normalized spacial score (nSPS) is 19.2. The number of carbonyl (C=O) groups excluding carboxylic acids is 1. The number of phenols is 1. The van der Waals surface area contributed by atoms with E-state index in [1.165, 1.54) is 12.1 Å². The summed E-state index contributed by atoms with van der Waals surface area (Å²) in [6.45, 7) is 0.703. The molecule has 2 rings (SSSR count). The third-order valence-electron chi connectivity index (χ3n) is 3.29. The molecule has 1 heterocycles. The summed E-state index contributed by atoms with van der Waals surface area (Å²) in [5.41, 5.74) is 0.697. The zero-order valence-electron chi connectivity index (χ0n) is 9.97. The lowest BCUT2D eigenvalue weighted by molar-refractivity contribution is -0.131. The van der Waals surface area contributed by atoms with Crippen molar-refractivity contribution in [1.82, 2.24) is 4.90 Å². The molecule has 1 saturated heterocycles. The van der Waals surface area contributed by atoms with E-state index in [2.05, 4.69) is 0 Å². The monoisotopic (exact) mass is 269 g/mol. The summed E-state index contributed by atoms with van der Waals surface area (Å²) in [4.78, 5) is 13.8. The van der Waals surface area contributed by atoms with E-state index in [1.807, 2.05) is 0 Å². The molecule has 0 bridgehead atoms. The summed E-state index contributed by atoms with van der Waals surface area (Å²) in [6.07, 6.45) is 1.99. The van der Waals surface area contributed by atoms with Crippen LogP contribution < -0.4 is 0 Å². The van der Waals surface area contributed by atoms with E-state index in [4.69, 9.17) is 11.6 Å². The standard InChI is InChI=1S/C13H16ClNO3/c14-12-7-11(17)4-3-9(12)6-13(18)15-5-1-2-10(15)8-16/h3-4,7,10,16-17H,1-2,5-6,8H2/t10-/m1/s1. The minimum atomic E-state index is -0.0617. The molecule has 1 atom stereocenters. The minimum absolute atomic E-state index is 0.00898. The molecule has 4 nitrogen and oxygen atoms in total. The second kappa shape index (κ2) is 5.59. The lowest BCUT2D eigenvalue weighted by Crippen LogP contribution is -2.38. The van der Waals surface area contributed by atoms with Gasteiger partial charge in [0.15, 0.2) is 0 Å². The summed E-state index contributed by atoms with van der Waals surface area (Å²) >= 11 is 5.97. The van der Waals surface area contributed by atoms with E-state index in [1.54, 1.807) is 11.0 Å². The number of aliphatic hydroxyl groups excluding tert-OH is 1. The van der Waals surface area contributed by atoms with Crippen LogP contribution in [0.1, 0.15) is 18.4 Å². The van der Waals surface area contributed by atoms with Gasteiger partial charge >= 0.3 is 0 Å². The summed E-state index contributed by atoms with van der Waals surface area (Å²) < 4.78 is 0. The van der Waals surface area contributed by atoms with Crippen molar-refractivity contribution in [3.63, 3.8) is 0 Å². The van der Waals surface area contributed by atoms with Crippen LogP contribution in [0.15, 0.2) is 18.2 Å². The first-order chi connectivity index (χ1) is 8.61. The number of aromatic hydroxyl groups is 1. The fraction of sp³-hybridized carbons (Fsp3) is 0.462. The number of likely N-dealkylation sites (tertiary alicyclic amines) is 1. The van der Waals surface area contributed by atoms with Gasteiger partial charge in [0.05, 0.1) is 19.1 Å². The van der Waals surface area contributed by atoms with Gasteiger partial charge in [-0.2, -0.15) is 0 Å². The molecule has 0 saturated carbocycles. The van der Waals surface area contributed by atoms with Crippen molar-refractivity contribution >= 4 is 17.5 Å². The largest absolute Gasteiger partial charge is 0.508 e. The third-order valence-corrected chi connectivity index (χ3v) is 3.64. The number of phenolic OH excluding ortho intramolecular Hbond substituents is 1. The molecule has 0 aliphatic carbocycles. The number of carbonyl (C=O) groups is 1. The Kier molecular flexibility index (Phi) is 4.09. The number of hydrogen-bond donors (Lipinski definition) is 2. The first-order valence-corrected chi connectivity index (χ1v) is 6.37. The average molecular weight is 270 g/mol. The van der Waals surface area contributed by atoms with Crippen LogP contribution in [0.25, 0.3) is 0 Å². The molecule has 1 aromatic carbocycles. The van der Waals surface area contributed by atoms with Crippen LogP contribution in [0.4, 0.5) is 0 Å². The molecule has 18 heavy (non-hydrogen) atoms. The molecule has 1 amide bonds.